The second-order valence-electron chi connectivity index (χ2n) is 5.17. The van der Waals surface area contributed by atoms with Gasteiger partial charge in [-0.05, 0) is 23.6 Å². The van der Waals surface area contributed by atoms with E-state index in [0.29, 0.717) is 24.2 Å². The van der Waals surface area contributed by atoms with Crippen LogP contribution in [0.5, 0.6) is 0 Å². The highest BCUT2D eigenvalue weighted by Crippen LogP contribution is 2.26. The first-order chi connectivity index (χ1) is 10.2. The summed E-state index contributed by atoms with van der Waals surface area (Å²) in [6.45, 7) is 1.18. The van der Waals surface area contributed by atoms with Crippen LogP contribution in [0, 0.1) is 0 Å². The number of rotatable bonds is 4. The van der Waals surface area contributed by atoms with Crippen molar-refractivity contribution in [3.8, 4) is 0 Å². The minimum absolute atomic E-state index is 0.102. The minimum atomic E-state index is -0.551. The van der Waals surface area contributed by atoms with Crippen LogP contribution < -0.4 is 5.73 Å². The third kappa shape index (κ3) is 2.52. The quantitative estimate of drug-likeness (QED) is 0.930. The lowest BCUT2D eigenvalue weighted by molar-refractivity contribution is 0.0776. The number of carbonyl (C=O) groups excluding carboxylic acids is 2. The number of benzene rings is 2. The maximum Gasteiger partial charge on any atom is 0.255 e. The summed E-state index contributed by atoms with van der Waals surface area (Å²) in [4.78, 5) is 25.7. The van der Waals surface area contributed by atoms with E-state index in [1.165, 1.54) is 5.56 Å². The van der Waals surface area contributed by atoms with Gasteiger partial charge in [0.15, 0.2) is 0 Å². The Morgan fingerprint density at radius 1 is 1.10 bits per heavy atom. The normalized spacial score (nSPS) is 13.3. The van der Waals surface area contributed by atoms with Gasteiger partial charge < -0.3 is 10.6 Å². The number of primary amides is 1. The molecular weight excluding hydrogens is 264 g/mol. The molecule has 0 spiro atoms. The van der Waals surface area contributed by atoms with Crippen LogP contribution in [0.4, 0.5) is 0 Å². The largest absolute Gasteiger partial charge is 0.366 e. The smallest absolute Gasteiger partial charge is 0.255 e. The predicted octanol–water partition coefficient (Wildman–Crippen LogP) is 1.98. The van der Waals surface area contributed by atoms with Crippen LogP contribution in [0.15, 0.2) is 48.5 Å². The van der Waals surface area contributed by atoms with Gasteiger partial charge >= 0.3 is 0 Å². The molecule has 2 N–H and O–H groups in total. The van der Waals surface area contributed by atoms with Crippen LogP contribution >= 0.6 is 0 Å². The number of fused-ring (bicyclic) bond motifs is 1. The van der Waals surface area contributed by atoms with Gasteiger partial charge in [0.2, 0.25) is 5.91 Å². The first-order valence-electron chi connectivity index (χ1n) is 6.91. The summed E-state index contributed by atoms with van der Waals surface area (Å²) < 4.78 is 0. The number of hydrogen-bond donors (Lipinski definition) is 1. The molecule has 2 aromatic carbocycles. The monoisotopic (exact) mass is 280 g/mol. The molecule has 3 rings (SSSR count). The molecule has 4 heteroatoms. The van der Waals surface area contributed by atoms with Gasteiger partial charge in [-0.3, -0.25) is 9.59 Å². The molecule has 1 aliphatic rings. The Kier molecular flexibility index (Phi) is 3.44. The molecule has 0 fully saturated rings. The SMILES string of the molecule is NC(=O)c1cccc2c1C(=O)N(CCc1ccccc1)C2. The fourth-order valence-corrected chi connectivity index (χ4v) is 2.71. The van der Waals surface area contributed by atoms with Crippen molar-refractivity contribution in [1.82, 2.24) is 4.90 Å². The summed E-state index contributed by atoms with van der Waals surface area (Å²) in [5, 5.41) is 0. The third-order valence-corrected chi connectivity index (χ3v) is 3.79. The van der Waals surface area contributed by atoms with Gasteiger partial charge in [0.1, 0.15) is 0 Å². The van der Waals surface area contributed by atoms with E-state index in [0.717, 1.165) is 12.0 Å². The topological polar surface area (TPSA) is 63.4 Å². The molecule has 0 aromatic heterocycles. The summed E-state index contributed by atoms with van der Waals surface area (Å²) in [5.74, 6) is -0.652. The summed E-state index contributed by atoms with van der Waals surface area (Å²) in [6.07, 6.45) is 0.798. The van der Waals surface area contributed by atoms with Crippen molar-refractivity contribution in [1.29, 1.82) is 0 Å². The second kappa shape index (κ2) is 5.40. The minimum Gasteiger partial charge on any atom is -0.366 e. The molecule has 1 heterocycles. The van der Waals surface area contributed by atoms with E-state index in [4.69, 9.17) is 5.73 Å². The Hall–Kier alpha value is -2.62. The highest BCUT2D eigenvalue weighted by Gasteiger charge is 2.30. The van der Waals surface area contributed by atoms with Crippen molar-refractivity contribution in [2.75, 3.05) is 6.54 Å². The Balaban J connectivity index is 1.78. The maximum absolute atomic E-state index is 12.5. The summed E-state index contributed by atoms with van der Waals surface area (Å²) in [5.41, 5.74) is 8.21. The second-order valence-corrected chi connectivity index (χ2v) is 5.17. The first kappa shape index (κ1) is 13.4. The third-order valence-electron chi connectivity index (χ3n) is 3.79. The van der Waals surface area contributed by atoms with Crippen molar-refractivity contribution in [3.63, 3.8) is 0 Å². The van der Waals surface area contributed by atoms with Gasteiger partial charge in [0, 0.05) is 13.1 Å². The molecule has 0 bridgehead atoms. The van der Waals surface area contributed by atoms with Gasteiger partial charge in [0.05, 0.1) is 11.1 Å². The van der Waals surface area contributed by atoms with E-state index in [9.17, 15) is 9.59 Å². The average Bonchev–Trinajstić information content (AvgIpc) is 2.83. The highest BCUT2D eigenvalue weighted by atomic mass is 16.2. The number of carbonyl (C=O) groups is 2. The Bertz CT molecular complexity index is 695. The molecule has 0 saturated carbocycles. The van der Waals surface area contributed by atoms with Crippen LogP contribution in [0.3, 0.4) is 0 Å². The molecule has 0 unspecified atom stereocenters. The summed E-state index contributed by atoms with van der Waals surface area (Å²) in [6, 6.07) is 15.3. The van der Waals surface area contributed by atoms with Crippen LogP contribution in [-0.4, -0.2) is 23.3 Å². The Morgan fingerprint density at radius 2 is 1.86 bits per heavy atom. The molecule has 2 amide bonds. The van der Waals surface area contributed by atoms with Crippen LogP contribution in [-0.2, 0) is 13.0 Å². The Labute approximate surface area is 123 Å². The summed E-state index contributed by atoms with van der Waals surface area (Å²) in [7, 11) is 0. The molecule has 0 aliphatic carbocycles. The maximum atomic E-state index is 12.5. The van der Waals surface area contributed by atoms with E-state index >= 15 is 0 Å². The average molecular weight is 280 g/mol. The Morgan fingerprint density at radius 3 is 2.57 bits per heavy atom. The lowest BCUT2D eigenvalue weighted by Crippen LogP contribution is -2.27. The van der Waals surface area contributed by atoms with E-state index < -0.39 is 5.91 Å². The van der Waals surface area contributed by atoms with Gasteiger partial charge in [-0.25, -0.2) is 0 Å². The van der Waals surface area contributed by atoms with Crippen LogP contribution in [0.2, 0.25) is 0 Å². The fraction of sp³-hybridized carbons (Fsp3) is 0.176. The summed E-state index contributed by atoms with van der Waals surface area (Å²) >= 11 is 0. The van der Waals surface area contributed by atoms with Crippen molar-refractivity contribution in [3.05, 3.63) is 70.8 Å². The zero-order valence-electron chi connectivity index (χ0n) is 11.6. The fourth-order valence-electron chi connectivity index (χ4n) is 2.71. The number of amides is 2. The molecule has 0 atom stereocenters. The standard InChI is InChI=1S/C17H16N2O2/c18-16(20)14-8-4-7-13-11-19(17(21)15(13)14)10-9-12-5-2-1-3-6-12/h1-8H,9-11H2,(H2,18,20). The van der Waals surface area contributed by atoms with Gasteiger partial charge in [-0.1, -0.05) is 42.5 Å². The van der Waals surface area contributed by atoms with E-state index in [2.05, 4.69) is 0 Å². The molecule has 0 radical (unpaired) electrons. The molecule has 0 saturated heterocycles. The lowest BCUT2D eigenvalue weighted by atomic mass is 10.0. The van der Waals surface area contributed by atoms with E-state index in [1.54, 1.807) is 17.0 Å². The molecule has 4 nitrogen and oxygen atoms in total. The lowest BCUT2D eigenvalue weighted by Gasteiger charge is -2.15. The highest BCUT2D eigenvalue weighted by molar-refractivity contribution is 6.09. The van der Waals surface area contributed by atoms with Crippen molar-refractivity contribution in [2.24, 2.45) is 5.73 Å². The van der Waals surface area contributed by atoms with Crippen molar-refractivity contribution < 1.29 is 9.59 Å². The molecule has 21 heavy (non-hydrogen) atoms. The van der Waals surface area contributed by atoms with Gasteiger partial charge in [-0.15, -0.1) is 0 Å². The van der Waals surface area contributed by atoms with Crippen LogP contribution in [0.25, 0.3) is 0 Å². The molecule has 1 aliphatic heterocycles. The molecule has 2 aromatic rings. The van der Waals surface area contributed by atoms with Gasteiger partial charge in [0.25, 0.3) is 5.91 Å². The zero-order chi connectivity index (χ0) is 14.8. The number of nitrogens with zero attached hydrogens (tertiary/aromatic N) is 1. The zero-order valence-corrected chi connectivity index (χ0v) is 11.6. The predicted molar refractivity (Wildman–Crippen MR) is 79.8 cm³/mol. The van der Waals surface area contributed by atoms with Crippen molar-refractivity contribution >= 4 is 11.8 Å². The van der Waals surface area contributed by atoms with Crippen molar-refractivity contribution in [2.45, 2.75) is 13.0 Å². The van der Waals surface area contributed by atoms with Crippen LogP contribution in [0.1, 0.15) is 31.8 Å². The number of nitrogens with two attached hydrogens (primary N) is 1. The van der Waals surface area contributed by atoms with E-state index in [-0.39, 0.29) is 5.91 Å². The number of hydrogen-bond acceptors (Lipinski definition) is 2. The molecule has 106 valence electrons. The first-order valence-corrected chi connectivity index (χ1v) is 6.91. The molecular formula is C17H16N2O2. The van der Waals surface area contributed by atoms with Gasteiger partial charge in [-0.2, -0.15) is 0 Å². The van der Waals surface area contributed by atoms with E-state index in [1.807, 2.05) is 36.4 Å².